The van der Waals surface area contributed by atoms with E-state index in [1.54, 1.807) is 18.3 Å². The number of rotatable bonds is 3. The zero-order valence-electron chi connectivity index (χ0n) is 10.7. The Morgan fingerprint density at radius 1 is 1.10 bits per heavy atom. The maximum atomic E-state index is 9.54. The summed E-state index contributed by atoms with van der Waals surface area (Å²) in [5.41, 5.74) is 2.09. The maximum absolute atomic E-state index is 9.54. The number of benzene rings is 2. The number of phenols is 1. The summed E-state index contributed by atoms with van der Waals surface area (Å²) >= 11 is 3.56. The molecule has 0 aliphatic carbocycles. The summed E-state index contributed by atoms with van der Waals surface area (Å²) in [4.78, 5) is 4.44. The molecule has 0 fully saturated rings. The Balaban J connectivity index is 1.97. The molecule has 0 aliphatic rings. The average Bonchev–Trinajstić information content (AvgIpc) is 2.87. The Kier molecular flexibility index (Phi) is 3.56. The summed E-state index contributed by atoms with van der Waals surface area (Å²) in [6.07, 6.45) is 3.73. The third-order valence-corrected chi connectivity index (χ3v) is 3.79. The van der Waals surface area contributed by atoms with E-state index in [4.69, 9.17) is 0 Å². The van der Waals surface area contributed by atoms with Crippen LogP contribution in [-0.4, -0.2) is 14.7 Å². The highest BCUT2D eigenvalue weighted by molar-refractivity contribution is 9.10. The molecule has 0 radical (unpaired) electrons. The molecule has 1 heterocycles. The van der Waals surface area contributed by atoms with Crippen LogP contribution in [0.2, 0.25) is 0 Å². The standard InChI is InChI=1S/C16H13BrN2O/c17-15-7-2-1-6-14(15)16-18-8-9-19(16)11-12-4-3-5-13(20)10-12/h1-10,20H,11H2. The predicted octanol–water partition coefficient (Wildman–Crippen LogP) is 4.07. The molecule has 1 aromatic heterocycles. The Morgan fingerprint density at radius 3 is 2.75 bits per heavy atom. The second-order valence-electron chi connectivity index (χ2n) is 4.53. The van der Waals surface area contributed by atoms with E-state index in [1.807, 2.05) is 42.6 Å². The van der Waals surface area contributed by atoms with Crippen LogP contribution in [0.5, 0.6) is 5.75 Å². The van der Waals surface area contributed by atoms with Crippen LogP contribution in [0.15, 0.2) is 65.4 Å². The van der Waals surface area contributed by atoms with Gasteiger partial charge in [0, 0.05) is 29.0 Å². The van der Waals surface area contributed by atoms with Gasteiger partial charge < -0.3 is 9.67 Å². The number of halogens is 1. The highest BCUT2D eigenvalue weighted by Gasteiger charge is 2.09. The number of hydrogen-bond acceptors (Lipinski definition) is 2. The molecule has 0 saturated carbocycles. The largest absolute Gasteiger partial charge is 0.508 e. The normalized spacial score (nSPS) is 10.7. The molecule has 1 N–H and O–H groups in total. The quantitative estimate of drug-likeness (QED) is 0.787. The van der Waals surface area contributed by atoms with Gasteiger partial charge in [0.1, 0.15) is 11.6 Å². The van der Waals surface area contributed by atoms with E-state index in [0.717, 1.165) is 21.4 Å². The van der Waals surface area contributed by atoms with E-state index in [1.165, 1.54) is 0 Å². The van der Waals surface area contributed by atoms with Gasteiger partial charge in [0.15, 0.2) is 0 Å². The molecular weight excluding hydrogens is 316 g/mol. The first kappa shape index (κ1) is 12.9. The molecule has 0 atom stereocenters. The first-order valence-corrected chi connectivity index (χ1v) is 7.07. The van der Waals surface area contributed by atoms with Gasteiger partial charge in [-0.3, -0.25) is 0 Å². The van der Waals surface area contributed by atoms with Crippen molar-refractivity contribution in [1.82, 2.24) is 9.55 Å². The number of imidazole rings is 1. The van der Waals surface area contributed by atoms with Crippen LogP contribution in [0.3, 0.4) is 0 Å². The lowest BCUT2D eigenvalue weighted by Crippen LogP contribution is -2.01. The second kappa shape index (κ2) is 5.51. The van der Waals surface area contributed by atoms with E-state index < -0.39 is 0 Å². The summed E-state index contributed by atoms with van der Waals surface area (Å²) in [5, 5.41) is 9.54. The molecule has 100 valence electrons. The van der Waals surface area contributed by atoms with Gasteiger partial charge in [-0.15, -0.1) is 0 Å². The van der Waals surface area contributed by atoms with Crippen molar-refractivity contribution in [1.29, 1.82) is 0 Å². The molecule has 3 rings (SSSR count). The maximum Gasteiger partial charge on any atom is 0.141 e. The van der Waals surface area contributed by atoms with Gasteiger partial charge in [-0.1, -0.05) is 46.3 Å². The van der Waals surface area contributed by atoms with Crippen molar-refractivity contribution >= 4 is 15.9 Å². The van der Waals surface area contributed by atoms with Gasteiger partial charge in [0.2, 0.25) is 0 Å². The zero-order chi connectivity index (χ0) is 13.9. The third kappa shape index (κ3) is 2.60. The molecule has 0 unspecified atom stereocenters. The number of aromatic hydroxyl groups is 1. The monoisotopic (exact) mass is 328 g/mol. The van der Waals surface area contributed by atoms with Crippen molar-refractivity contribution in [2.45, 2.75) is 6.54 Å². The van der Waals surface area contributed by atoms with E-state index in [2.05, 4.69) is 25.5 Å². The predicted molar refractivity (Wildman–Crippen MR) is 82.6 cm³/mol. The van der Waals surface area contributed by atoms with E-state index in [-0.39, 0.29) is 5.75 Å². The molecule has 0 amide bonds. The molecule has 3 nitrogen and oxygen atoms in total. The van der Waals surface area contributed by atoms with Gasteiger partial charge in [-0.2, -0.15) is 0 Å². The van der Waals surface area contributed by atoms with Crippen LogP contribution in [0, 0.1) is 0 Å². The first-order valence-electron chi connectivity index (χ1n) is 6.28. The van der Waals surface area contributed by atoms with E-state index in [0.29, 0.717) is 6.54 Å². The zero-order valence-corrected chi connectivity index (χ0v) is 12.3. The van der Waals surface area contributed by atoms with Crippen LogP contribution in [0.4, 0.5) is 0 Å². The van der Waals surface area contributed by atoms with E-state index in [9.17, 15) is 5.11 Å². The van der Waals surface area contributed by atoms with Crippen LogP contribution >= 0.6 is 15.9 Å². The molecule has 0 aliphatic heterocycles. The summed E-state index contributed by atoms with van der Waals surface area (Å²) in [5.74, 6) is 1.19. The van der Waals surface area contributed by atoms with Crippen molar-refractivity contribution in [2.24, 2.45) is 0 Å². The van der Waals surface area contributed by atoms with Crippen molar-refractivity contribution in [2.75, 3.05) is 0 Å². The molecule has 4 heteroatoms. The molecule has 3 aromatic rings. The van der Waals surface area contributed by atoms with Crippen LogP contribution in [0.25, 0.3) is 11.4 Å². The fourth-order valence-corrected chi connectivity index (χ4v) is 2.64. The number of nitrogens with zero attached hydrogens (tertiary/aromatic N) is 2. The lowest BCUT2D eigenvalue weighted by molar-refractivity contribution is 0.474. The van der Waals surface area contributed by atoms with Crippen molar-refractivity contribution in [3.63, 3.8) is 0 Å². The Bertz CT molecular complexity index is 737. The minimum Gasteiger partial charge on any atom is -0.508 e. The van der Waals surface area contributed by atoms with Crippen molar-refractivity contribution in [3.8, 4) is 17.1 Å². The fraction of sp³-hybridized carbons (Fsp3) is 0.0625. The molecule has 0 saturated heterocycles. The second-order valence-corrected chi connectivity index (χ2v) is 5.38. The Hall–Kier alpha value is -2.07. The van der Waals surface area contributed by atoms with Gasteiger partial charge in [-0.05, 0) is 23.8 Å². The van der Waals surface area contributed by atoms with Crippen molar-refractivity contribution < 1.29 is 5.11 Å². The van der Waals surface area contributed by atoms with Crippen LogP contribution < -0.4 is 0 Å². The third-order valence-electron chi connectivity index (χ3n) is 3.09. The summed E-state index contributed by atoms with van der Waals surface area (Å²) in [6, 6.07) is 15.3. The number of phenolic OH excluding ortho intramolecular Hbond substituents is 1. The van der Waals surface area contributed by atoms with Gasteiger partial charge in [0.05, 0.1) is 0 Å². The lowest BCUT2D eigenvalue weighted by atomic mass is 10.2. The summed E-state index contributed by atoms with van der Waals surface area (Å²) < 4.78 is 3.08. The summed E-state index contributed by atoms with van der Waals surface area (Å²) in [6.45, 7) is 0.672. The molecule has 20 heavy (non-hydrogen) atoms. The highest BCUT2D eigenvalue weighted by atomic mass is 79.9. The summed E-state index contributed by atoms with van der Waals surface area (Å²) in [7, 11) is 0. The minimum absolute atomic E-state index is 0.282. The van der Waals surface area contributed by atoms with Crippen molar-refractivity contribution in [3.05, 3.63) is 71.0 Å². The van der Waals surface area contributed by atoms with Gasteiger partial charge >= 0.3 is 0 Å². The minimum atomic E-state index is 0.282. The highest BCUT2D eigenvalue weighted by Crippen LogP contribution is 2.27. The lowest BCUT2D eigenvalue weighted by Gasteiger charge is -2.09. The van der Waals surface area contributed by atoms with Crippen LogP contribution in [-0.2, 0) is 6.54 Å². The average molecular weight is 329 g/mol. The first-order chi connectivity index (χ1) is 9.74. The number of hydrogen-bond donors (Lipinski definition) is 1. The number of aromatic nitrogens is 2. The smallest absolute Gasteiger partial charge is 0.141 e. The fourth-order valence-electron chi connectivity index (χ4n) is 2.18. The van der Waals surface area contributed by atoms with Gasteiger partial charge in [-0.25, -0.2) is 4.98 Å². The Labute approximate surface area is 125 Å². The van der Waals surface area contributed by atoms with Crippen LogP contribution in [0.1, 0.15) is 5.56 Å². The SMILES string of the molecule is Oc1cccc(Cn2ccnc2-c2ccccc2Br)c1. The molecule has 0 spiro atoms. The molecule has 0 bridgehead atoms. The molecule has 2 aromatic carbocycles. The van der Waals surface area contributed by atoms with E-state index >= 15 is 0 Å². The van der Waals surface area contributed by atoms with Gasteiger partial charge in [0.25, 0.3) is 0 Å². The molecular formula is C16H13BrN2O. The topological polar surface area (TPSA) is 38.0 Å². The Morgan fingerprint density at radius 2 is 1.95 bits per heavy atom.